The lowest BCUT2D eigenvalue weighted by molar-refractivity contribution is 0.00782. The fraction of sp³-hybridized carbons (Fsp3) is 0.538. The van der Waals surface area contributed by atoms with Crippen molar-refractivity contribution in [2.24, 2.45) is 0 Å². The average Bonchev–Trinajstić information content (AvgIpc) is 2.15. The van der Waals surface area contributed by atoms with Crippen LogP contribution in [0.1, 0.15) is 32.4 Å². The van der Waals surface area contributed by atoms with Gasteiger partial charge in [-0.1, -0.05) is 0 Å². The molecule has 18 heavy (non-hydrogen) atoms. The van der Waals surface area contributed by atoms with Crippen molar-refractivity contribution in [2.45, 2.75) is 32.3 Å². The number of amides is 1. The van der Waals surface area contributed by atoms with E-state index in [-0.39, 0.29) is 6.09 Å². The molecule has 0 spiro atoms. The Kier molecular flexibility index (Phi) is 3.61. The van der Waals surface area contributed by atoms with Crippen molar-refractivity contribution in [1.29, 1.82) is 0 Å². The fourth-order valence-corrected chi connectivity index (χ4v) is 2.40. The largest absolute Gasteiger partial charge is 0.444 e. The minimum Gasteiger partial charge on any atom is -0.444 e. The highest BCUT2D eigenvalue weighted by molar-refractivity contribution is 9.10. The van der Waals surface area contributed by atoms with Crippen LogP contribution in [-0.4, -0.2) is 34.7 Å². The molecule has 0 unspecified atom stereocenters. The van der Waals surface area contributed by atoms with E-state index >= 15 is 0 Å². The molecular weight excluding hydrogens is 296 g/mol. The zero-order chi connectivity index (χ0) is 13.3. The summed E-state index contributed by atoms with van der Waals surface area (Å²) in [6.45, 7) is 6.96. The molecule has 2 rings (SSSR count). The van der Waals surface area contributed by atoms with Gasteiger partial charge in [-0.15, -0.1) is 0 Å². The Morgan fingerprint density at radius 1 is 1.50 bits per heavy atom. The van der Waals surface area contributed by atoms with Gasteiger partial charge in [-0.05, 0) is 48.8 Å². The Balaban J connectivity index is 1.91. The van der Waals surface area contributed by atoms with Gasteiger partial charge in [-0.25, -0.2) is 4.79 Å². The first-order valence-corrected chi connectivity index (χ1v) is 6.74. The number of rotatable bonds is 1. The standard InChI is InChI=1S/C13H17BrN2O2/c1-13(2,3)18-12(17)16-7-9(8-16)11-10(14)5-4-6-15-11/h4-6,9H,7-8H2,1-3H3. The summed E-state index contributed by atoms with van der Waals surface area (Å²) in [5.41, 5.74) is 0.575. The van der Waals surface area contributed by atoms with Gasteiger partial charge in [0.25, 0.3) is 0 Å². The molecule has 4 nitrogen and oxygen atoms in total. The number of carbonyl (C=O) groups excluding carboxylic acids is 1. The van der Waals surface area contributed by atoms with Gasteiger partial charge in [0.2, 0.25) is 0 Å². The summed E-state index contributed by atoms with van der Waals surface area (Å²) in [5.74, 6) is 0.299. The number of aromatic nitrogens is 1. The Morgan fingerprint density at radius 2 is 2.17 bits per heavy atom. The molecule has 0 aromatic carbocycles. The van der Waals surface area contributed by atoms with Gasteiger partial charge in [0.15, 0.2) is 0 Å². The van der Waals surface area contributed by atoms with Crippen LogP contribution >= 0.6 is 15.9 Å². The maximum Gasteiger partial charge on any atom is 0.410 e. The lowest BCUT2D eigenvalue weighted by Gasteiger charge is -2.39. The van der Waals surface area contributed by atoms with Crippen LogP contribution in [0.15, 0.2) is 22.8 Å². The number of likely N-dealkylation sites (tertiary alicyclic amines) is 1. The zero-order valence-electron chi connectivity index (χ0n) is 10.8. The van der Waals surface area contributed by atoms with Gasteiger partial charge in [0.05, 0.1) is 5.69 Å². The van der Waals surface area contributed by atoms with E-state index in [0.717, 1.165) is 10.2 Å². The number of nitrogens with zero attached hydrogens (tertiary/aromatic N) is 2. The summed E-state index contributed by atoms with van der Waals surface area (Å²) >= 11 is 3.48. The summed E-state index contributed by atoms with van der Waals surface area (Å²) in [7, 11) is 0. The maximum absolute atomic E-state index is 11.8. The Bertz CT molecular complexity index is 451. The molecule has 0 radical (unpaired) electrons. The van der Waals surface area contributed by atoms with Gasteiger partial charge in [0.1, 0.15) is 5.60 Å². The smallest absolute Gasteiger partial charge is 0.410 e. The highest BCUT2D eigenvalue weighted by Crippen LogP contribution is 2.31. The Hall–Kier alpha value is -1.10. The van der Waals surface area contributed by atoms with E-state index in [2.05, 4.69) is 20.9 Å². The molecule has 1 aromatic heterocycles. The number of hydrogen-bond acceptors (Lipinski definition) is 3. The van der Waals surface area contributed by atoms with Gasteiger partial charge in [-0.2, -0.15) is 0 Å². The van der Waals surface area contributed by atoms with Crippen LogP contribution < -0.4 is 0 Å². The second-order valence-corrected chi connectivity index (χ2v) is 6.31. The molecule has 0 aliphatic carbocycles. The monoisotopic (exact) mass is 312 g/mol. The van der Waals surface area contributed by atoms with E-state index < -0.39 is 5.60 Å². The lowest BCUT2D eigenvalue weighted by Crippen LogP contribution is -2.50. The maximum atomic E-state index is 11.8. The number of carbonyl (C=O) groups is 1. The third kappa shape index (κ3) is 3.02. The average molecular weight is 313 g/mol. The Morgan fingerprint density at radius 3 is 2.72 bits per heavy atom. The van der Waals surface area contributed by atoms with Crippen molar-refractivity contribution in [3.63, 3.8) is 0 Å². The van der Waals surface area contributed by atoms with Crippen LogP contribution in [0.25, 0.3) is 0 Å². The van der Waals surface area contributed by atoms with Crippen molar-refractivity contribution in [2.75, 3.05) is 13.1 Å². The molecule has 1 amide bonds. The normalized spacial score (nSPS) is 16.3. The molecule has 1 aliphatic heterocycles. The number of hydrogen-bond donors (Lipinski definition) is 0. The van der Waals surface area contributed by atoms with Gasteiger partial charge in [0, 0.05) is 29.7 Å². The minimum atomic E-state index is -0.437. The van der Waals surface area contributed by atoms with Crippen molar-refractivity contribution in [3.8, 4) is 0 Å². The lowest BCUT2D eigenvalue weighted by atomic mass is 9.96. The van der Waals surface area contributed by atoms with E-state index in [9.17, 15) is 4.79 Å². The molecule has 0 atom stereocenters. The topological polar surface area (TPSA) is 42.4 Å². The molecule has 1 aromatic rings. The second kappa shape index (κ2) is 4.88. The quantitative estimate of drug-likeness (QED) is 0.800. The molecule has 1 aliphatic rings. The molecule has 0 bridgehead atoms. The molecule has 1 saturated heterocycles. The third-order valence-electron chi connectivity index (χ3n) is 2.71. The van der Waals surface area contributed by atoms with Crippen molar-refractivity contribution >= 4 is 22.0 Å². The second-order valence-electron chi connectivity index (χ2n) is 5.45. The number of halogens is 1. The minimum absolute atomic E-state index is 0.245. The first-order chi connectivity index (χ1) is 8.37. The Labute approximate surface area is 115 Å². The van der Waals surface area contributed by atoms with Gasteiger partial charge < -0.3 is 9.64 Å². The molecule has 1 fully saturated rings. The van der Waals surface area contributed by atoms with Crippen LogP contribution in [0.2, 0.25) is 0 Å². The van der Waals surface area contributed by atoms with E-state index in [1.54, 1.807) is 11.1 Å². The summed E-state index contributed by atoms with van der Waals surface area (Å²) in [6.07, 6.45) is 1.53. The third-order valence-corrected chi connectivity index (χ3v) is 3.38. The molecule has 0 saturated carbocycles. The van der Waals surface area contributed by atoms with Crippen LogP contribution in [0.3, 0.4) is 0 Å². The van der Waals surface area contributed by atoms with Gasteiger partial charge >= 0.3 is 6.09 Å². The highest BCUT2D eigenvalue weighted by atomic mass is 79.9. The first kappa shape index (κ1) is 13.3. The van der Waals surface area contributed by atoms with E-state index in [1.807, 2.05) is 32.9 Å². The molecular formula is C13H17BrN2O2. The van der Waals surface area contributed by atoms with Crippen molar-refractivity contribution in [3.05, 3.63) is 28.5 Å². The fourth-order valence-electron chi connectivity index (χ4n) is 1.83. The number of ether oxygens (including phenoxy) is 1. The van der Waals surface area contributed by atoms with Crippen molar-refractivity contribution in [1.82, 2.24) is 9.88 Å². The highest BCUT2D eigenvalue weighted by Gasteiger charge is 2.35. The molecule has 2 heterocycles. The predicted molar refractivity (Wildman–Crippen MR) is 72.5 cm³/mol. The summed E-state index contributed by atoms with van der Waals surface area (Å²) in [5, 5.41) is 0. The van der Waals surface area contributed by atoms with Crippen molar-refractivity contribution < 1.29 is 9.53 Å². The van der Waals surface area contributed by atoms with Gasteiger partial charge in [-0.3, -0.25) is 4.98 Å². The van der Waals surface area contributed by atoms with E-state index in [4.69, 9.17) is 4.74 Å². The molecule has 5 heteroatoms. The predicted octanol–water partition coefficient (Wildman–Crippen LogP) is 3.18. The summed E-state index contributed by atoms with van der Waals surface area (Å²) < 4.78 is 6.31. The van der Waals surface area contributed by atoms with E-state index in [1.165, 1.54) is 0 Å². The van der Waals surface area contributed by atoms with E-state index in [0.29, 0.717) is 19.0 Å². The van der Waals surface area contributed by atoms with Crippen LogP contribution in [-0.2, 0) is 4.74 Å². The summed E-state index contributed by atoms with van der Waals surface area (Å²) in [4.78, 5) is 17.8. The molecule has 98 valence electrons. The summed E-state index contributed by atoms with van der Waals surface area (Å²) in [6, 6.07) is 3.86. The van der Waals surface area contributed by atoms with Crippen LogP contribution in [0.4, 0.5) is 4.79 Å². The van der Waals surface area contributed by atoms with Crippen LogP contribution in [0, 0.1) is 0 Å². The van der Waals surface area contributed by atoms with Crippen LogP contribution in [0.5, 0.6) is 0 Å². The SMILES string of the molecule is CC(C)(C)OC(=O)N1CC(c2ncccc2Br)C1. The molecule has 0 N–H and O–H groups in total. The zero-order valence-corrected chi connectivity index (χ0v) is 12.4. The number of pyridine rings is 1. The first-order valence-electron chi connectivity index (χ1n) is 5.95.